The first-order valence-electron chi connectivity index (χ1n) is 6.94. The van der Waals surface area contributed by atoms with Crippen molar-refractivity contribution >= 4 is 10.9 Å². The van der Waals surface area contributed by atoms with E-state index in [4.69, 9.17) is 5.26 Å². The zero-order valence-corrected chi connectivity index (χ0v) is 11.7. The number of benzene rings is 2. The Bertz CT molecular complexity index is 885. The van der Waals surface area contributed by atoms with E-state index in [2.05, 4.69) is 47.7 Å². The van der Waals surface area contributed by atoms with Gasteiger partial charge in [0.15, 0.2) is 6.19 Å². The molecule has 4 heteroatoms. The fourth-order valence-electron chi connectivity index (χ4n) is 3.08. The molecule has 21 heavy (non-hydrogen) atoms. The Morgan fingerprint density at radius 3 is 2.95 bits per heavy atom. The molecule has 0 aliphatic carbocycles. The molecule has 0 fully saturated rings. The third kappa shape index (κ3) is 1.86. The smallest absolute Gasteiger partial charge is 0.179 e. The van der Waals surface area contributed by atoms with Crippen molar-refractivity contribution < 1.29 is 0 Å². The van der Waals surface area contributed by atoms with Crippen molar-refractivity contribution in [2.75, 3.05) is 0 Å². The molecule has 0 radical (unpaired) electrons. The van der Waals surface area contributed by atoms with E-state index in [0.29, 0.717) is 6.54 Å². The lowest BCUT2D eigenvalue weighted by molar-refractivity contribution is 0.417. The number of hydrogen-bond acceptors (Lipinski definition) is 3. The average Bonchev–Trinajstić information content (AvgIpc) is 3.07. The SMILES string of the molecule is Cn1cc2cc(-c3cccc4c3CN(C#N)C4)ccc2n1. The van der Waals surface area contributed by atoms with Crippen LogP contribution < -0.4 is 0 Å². The van der Waals surface area contributed by atoms with Gasteiger partial charge in [-0.2, -0.15) is 10.4 Å². The molecule has 0 amide bonds. The van der Waals surface area contributed by atoms with Crippen molar-refractivity contribution in [1.29, 1.82) is 5.26 Å². The van der Waals surface area contributed by atoms with Crippen molar-refractivity contribution in [1.82, 2.24) is 14.7 Å². The summed E-state index contributed by atoms with van der Waals surface area (Å²) in [6.45, 7) is 1.42. The third-order valence-electron chi connectivity index (χ3n) is 4.05. The lowest BCUT2D eigenvalue weighted by Gasteiger charge is -2.08. The van der Waals surface area contributed by atoms with E-state index in [-0.39, 0.29) is 0 Å². The number of hydrogen-bond donors (Lipinski definition) is 0. The van der Waals surface area contributed by atoms with Gasteiger partial charge in [0.1, 0.15) is 0 Å². The first-order chi connectivity index (χ1) is 10.2. The fourth-order valence-corrected chi connectivity index (χ4v) is 3.08. The molecule has 3 aromatic rings. The predicted octanol–water partition coefficient (Wildman–Crippen LogP) is 3.04. The summed E-state index contributed by atoms with van der Waals surface area (Å²) in [5.74, 6) is 0. The first kappa shape index (κ1) is 12.0. The van der Waals surface area contributed by atoms with Gasteiger partial charge < -0.3 is 4.90 Å². The highest BCUT2D eigenvalue weighted by atomic mass is 15.2. The number of fused-ring (bicyclic) bond motifs is 2. The highest BCUT2D eigenvalue weighted by Gasteiger charge is 2.21. The Hall–Kier alpha value is -2.80. The highest BCUT2D eigenvalue weighted by molar-refractivity contribution is 5.85. The molecule has 1 aromatic heterocycles. The zero-order valence-electron chi connectivity index (χ0n) is 11.7. The molecule has 0 spiro atoms. The second-order valence-corrected chi connectivity index (χ2v) is 5.48. The van der Waals surface area contributed by atoms with E-state index in [1.54, 1.807) is 4.90 Å². The van der Waals surface area contributed by atoms with E-state index >= 15 is 0 Å². The molecule has 0 saturated carbocycles. The second kappa shape index (κ2) is 4.35. The van der Waals surface area contributed by atoms with Crippen LogP contribution in [-0.4, -0.2) is 14.7 Å². The molecular weight excluding hydrogens is 260 g/mol. The standard InChI is InChI=1S/C17H14N4/c1-20-8-14-7-12(5-6-17(14)19-20)15-4-2-3-13-9-21(11-18)10-16(13)15/h2-8H,9-10H2,1H3. The molecule has 102 valence electrons. The first-order valence-corrected chi connectivity index (χ1v) is 6.94. The molecule has 2 heterocycles. The topological polar surface area (TPSA) is 44.9 Å². The molecule has 0 saturated heterocycles. The molecular formula is C17H14N4. The molecule has 2 aromatic carbocycles. The predicted molar refractivity (Wildman–Crippen MR) is 81.0 cm³/mol. The molecule has 1 aliphatic rings. The maximum atomic E-state index is 9.11. The van der Waals surface area contributed by atoms with Gasteiger partial charge in [0.2, 0.25) is 0 Å². The minimum atomic E-state index is 0.701. The summed E-state index contributed by atoms with van der Waals surface area (Å²) in [5.41, 5.74) is 5.93. The lowest BCUT2D eigenvalue weighted by atomic mass is 9.96. The normalized spacial score (nSPS) is 13.4. The van der Waals surface area contributed by atoms with Gasteiger partial charge in [-0.3, -0.25) is 4.68 Å². The van der Waals surface area contributed by atoms with Crippen molar-refractivity contribution in [2.24, 2.45) is 7.05 Å². The Labute approximate surface area is 122 Å². The van der Waals surface area contributed by atoms with Gasteiger partial charge >= 0.3 is 0 Å². The van der Waals surface area contributed by atoms with Crippen LogP contribution in [0.15, 0.2) is 42.6 Å². The van der Waals surface area contributed by atoms with E-state index in [1.165, 1.54) is 22.3 Å². The van der Waals surface area contributed by atoms with Crippen LogP contribution in [0.2, 0.25) is 0 Å². The average molecular weight is 274 g/mol. The van der Waals surface area contributed by atoms with Crippen LogP contribution in [0.25, 0.3) is 22.0 Å². The summed E-state index contributed by atoms with van der Waals surface area (Å²) in [7, 11) is 1.94. The van der Waals surface area contributed by atoms with Gasteiger partial charge in [-0.1, -0.05) is 24.3 Å². The number of rotatable bonds is 1. The fraction of sp³-hybridized carbons (Fsp3) is 0.176. The zero-order chi connectivity index (χ0) is 14.4. The van der Waals surface area contributed by atoms with Gasteiger partial charge in [-0.05, 0) is 34.4 Å². The molecule has 1 aliphatic heterocycles. The number of nitrogens with zero attached hydrogens (tertiary/aromatic N) is 4. The molecule has 0 bridgehead atoms. The summed E-state index contributed by atoms with van der Waals surface area (Å²) >= 11 is 0. The molecule has 0 N–H and O–H groups in total. The Balaban J connectivity index is 1.86. The van der Waals surface area contributed by atoms with E-state index in [9.17, 15) is 0 Å². The van der Waals surface area contributed by atoms with Gasteiger partial charge in [-0.25, -0.2) is 0 Å². The van der Waals surface area contributed by atoms with Crippen LogP contribution in [0, 0.1) is 11.5 Å². The van der Waals surface area contributed by atoms with Crippen molar-refractivity contribution in [3.05, 3.63) is 53.7 Å². The Morgan fingerprint density at radius 2 is 2.10 bits per heavy atom. The van der Waals surface area contributed by atoms with Crippen LogP contribution in [0.1, 0.15) is 11.1 Å². The van der Waals surface area contributed by atoms with Crippen LogP contribution in [0.4, 0.5) is 0 Å². The Kier molecular flexibility index (Phi) is 2.48. The van der Waals surface area contributed by atoms with Crippen LogP contribution in [0.3, 0.4) is 0 Å². The Morgan fingerprint density at radius 1 is 1.19 bits per heavy atom. The van der Waals surface area contributed by atoms with Crippen LogP contribution in [0.5, 0.6) is 0 Å². The van der Waals surface area contributed by atoms with E-state index in [1.807, 2.05) is 17.9 Å². The molecule has 4 rings (SSSR count). The van der Waals surface area contributed by atoms with Crippen molar-refractivity contribution in [3.63, 3.8) is 0 Å². The van der Waals surface area contributed by atoms with E-state index < -0.39 is 0 Å². The third-order valence-corrected chi connectivity index (χ3v) is 4.05. The largest absolute Gasteiger partial charge is 0.302 e. The van der Waals surface area contributed by atoms with Crippen molar-refractivity contribution in [3.8, 4) is 17.3 Å². The van der Waals surface area contributed by atoms with Gasteiger partial charge in [0.25, 0.3) is 0 Å². The quantitative estimate of drug-likeness (QED) is 0.641. The minimum Gasteiger partial charge on any atom is -0.302 e. The summed E-state index contributed by atoms with van der Waals surface area (Å²) in [4.78, 5) is 1.79. The summed E-state index contributed by atoms with van der Waals surface area (Å²) in [6, 6.07) is 12.7. The monoisotopic (exact) mass is 274 g/mol. The number of aromatic nitrogens is 2. The second-order valence-electron chi connectivity index (χ2n) is 5.48. The van der Waals surface area contributed by atoms with Crippen molar-refractivity contribution in [2.45, 2.75) is 13.1 Å². The maximum absolute atomic E-state index is 9.11. The minimum absolute atomic E-state index is 0.701. The van der Waals surface area contributed by atoms with Gasteiger partial charge in [0, 0.05) is 18.6 Å². The maximum Gasteiger partial charge on any atom is 0.179 e. The van der Waals surface area contributed by atoms with E-state index in [0.717, 1.165) is 17.4 Å². The summed E-state index contributed by atoms with van der Waals surface area (Å²) in [6.07, 6.45) is 4.27. The van der Waals surface area contributed by atoms with Gasteiger partial charge in [0.05, 0.1) is 18.6 Å². The summed E-state index contributed by atoms with van der Waals surface area (Å²) < 4.78 is 1.83. The molecule has 0 unspecified atom stereocenters. The molecule has 4 nitrogen and oxygen atoms in total. The number of nitriles is 1. The van der Waals surface area contributed by atoms with Crippen LogP contribution in [-0.2, 0) is 20.1 Å². The lowest BCUT2D eigenvalue weighted by Crippen LogP contribution is -2.07. The molecule has 0 atom stereocenters. The van der Waals surface area contributed by atoms with Crippen LogP contribution >= 0.6 is 0 Å². The summed E-state index contributed by atoms with van der Waals surface area (Å²) in [5, 5.41) is 14.7. The number of aryl methyl sites for hydroxylation is 1. The highest BCUT2D eigenvalue weighted by Crippen LogP contribution is 2.33. The van der Waals surface area contributed by atoms with Gasteiger partial charge in [-0.15, -0.1) is 0 Å².